The van der Waals surface area contributed by atoms with Gasteiger partial charge in [0.05, 0.1) is 30.9 Å². The molecule has 0 aliphatic heterocycles. The first kappa shape index (κ1) is 25.5. The zero-order chi connectivity index (χ0) is 23.7. The molecule has 0 saturated heterocycles. The maximum Gasteiger partial charge on any atom is 0.264 e. The van der Waals surface area contributed by atoms with Crippen molar-refractivity contribution >= 4 is 21.6 Å². The number of anilines is 1. The van der Waals surface area contributed by atoms with E-state index in [-0.39, 0.29) is 22.4 Å². The van der Waals surface area contributed by atoms with Crippen molar-refractivity contribution in [2.24, 2.45) is 0 Å². The third-order valence-electron chi connectivity index (χ3n) is 4.65. The number of sulfonamides is 1. The Morgan fingerprint density at radius 1 is 1.06 bits per heavy atom. The summed E-state index contributed by atoms with van der Waals surface area (Å²) in [6.45, 7) is 6.24. The molecule has 1 amide bonds. The summed E-state index contributed by atoms with van der Waals surface area (Å²) < 4.78 is 44.1. The number of amides is 1. The van der Waals surface area contributed by atoms with Crippen LogP contribution in [0.15, 0.2) is 47.4 Å². The third-order valence-corrected chi connectivity index (χ3v) is 6.42. The molecule has 0 heterocycles. The van der Waals surface area contributed by atoms with Crippen LogP contribution >= 0.6 is 0 Å². The molecule has 9 heteroatoms. The topological polar surface area (TPSA) is 94.2 Å². The van der Waals surface area contributed by atoms with E-state index >= 15 is 0 Å². The predicted octanol–water partition coefficient (Wildman–Crippen LogP) is 3.14. The molecule has 0 unspecified atom stereocenters. The summed E-state index contributed by atoms with van der Waals surface area (Å²) in [4.78, 5) is 12.7. The second kappa shape index (κ2) is 11.7. The van der Waals surface area contributed by atoms with Crippen LogP contribution in [0.25, 0.3) is 0 Å². The lowest BCUT2D eigenvalue weighted by molar-refractivity contribution is -0.119. The number of aryl methyl sites for hydroxylation is 1. The fraction of sp³-hybridized carbons (Fsp3) is 0.435. The Bertz CT molecular complexity index is 990. The number of nitrogens with zero attached hydrogens (tertiary/aromatic N) is 1. The Morgan fingerprint density at radius 3 is 2.34 bits per heavy atom. The first-order chi connectivity index (χ1) is 15.2. The highest BCUT2D eigenvalue weighted by atomic mass is 32.2. The summed E-state index contributed by atoms with van der Waals surface area (Å²) in [6, 6.07) is 11.2. The van der Waals surface area contributed by atoms with Gasteiger partial charge < -0.3 is 19.5 Å². The summed E-state index contributed by atoms with van der Waals surface area (Å²) in [7, 11) is -1.10. The molecule has 2 aromatic rings. The minimum atomic E-state index is -4.04. The van der Waals surface area contributed by atoms with Gasteiger partial charge in [0.25, 0.3) is 10.0 Å². The van der Waals surface area contributed by atoms with Crippen molar-refractivity contribution < 1.29 is 27.4 Å². The Hall–Kier alpha value is -2.78. The second-order valence-electron chi connectivity index (χ2n) is 7.49. The smallest absolute Gasteiger partial charge is 0.264 e. The lowest BCUT2D eigenvalue weighted by Gasteiger charge is -2.26. The minimum absolute atomic E-state index is 0.0825. The molecule has 176 valence electrons. The first-order valence-electron chi connectivity index (χ1n) is 10.4. The third kappa shape index (κ3) is 6.86. The van der Waals surface area contributed by atoms with Gasteiger partial charge in [0, 0.05) is 19.2 Å². The summed E-state index contributed by atoms with van der Waals surface area (Å²) >= 11 is 0. The zero-order valence-electron chi connectivity index (χ0n) is 19.3. The van der Waals surface area contributed by atoms with Gasteiger partial charge in [-0.1, -0.05) is 17.7 Å². The van der Waals surface area contributed by atoms with Crippen LogP contribution in [0.1, 0.15) is 25.8 Å². The number of rotatable bonds is 12. The van der Waals surface area contributed by atoms with Gasteiger partial charge in [-0.3, -0.25) is 9.10 Å². The number of methoxy groups -OCH3 is 2. The number of hydrogen-bond acceptors (Lipinski definition) is 6. The van der Waals surface area contributed by atoms with Gasteiger partial charge in [0.15, 0.2) is 0 Å². The van der Waals surface area contributed by atoms with Crippen molar-refractivity contribution in [2.75, 3.05) is 38.2 Å². The van der Waals surface area contributed by atoms with Gasteiger partial charge >= 0.3 is 0 Å². The fourth-order valence-corrected chi connectivity index (χ4v) is 4.36. The number of carbonyl (C=O) groups excluding carboxylic acids is 1. The standard InChI is InChI=1S/C23H32N2O6S/c1-17(2)31-14-6-13-24-23(26)16-25(21-12-9-19(29-4)15-22(21)30-5)32(27,28)20-10-7-18(3)8-11-20/h7-12,15,17H,6,13-14,16H2,1-5H3,(H,24,26). The minimum Gasteiger partial charge on any atom is -0.497 e. The number of carbonyl (C=O) groups is 1. The highest BCUT2D eigenvalue weighted by Gasteiger charge is 2.29. The van der Waals surface area contributed by atoms with Crippen LogP contribution < -0.4 is 19.1 Å². The summed E-state index contributed by atoms with van der Waals surface area (Å²) in [5.74, 6) is 0.356. The van der Waals surface area contributed by atoms with E-state index in [1.807, 2.05) is 20.8 Å². The van der Waals surface area contributed by atoms with Gasteiger partial charge in [0.1, 0.15) is 18.0 Å². The van der Waals surface area contributed by atoms with Crippen molar-refractivity contribution in [3.8, 4) is 11.5 Å². The molecule has 32 heavy (non-hydrogen) atoms. The molecule has 0 bridgehead atoms. The molecule has 0 aliphatic rings. The summed E-state index contributed by atoms with van der Waals surface area (Å²) in [5, 5.41) is 2.76. The Kier molecular flexibility index (Phi) is 9.34. The van der Waals surface area contributed by atoms with E-state index in [1.54, 1.807) is 30.3 Å². The van der Waals surface area contributed by atoms with Crippen molar-refractivity contribution in [1.82, 2.24) is 5.32 Å². The Balaban J connectivity index is 2.32. The highest BCUT2D eigenvalue weighted by molar-refractivity contribution is 7.92. The lowest BCUT2D eigenvalue weighted by Crippen LogP contribution is -2.41. The van der Waals surface area contributed by atoms with E-state index in [9.17, 15) is 13.2 Å². The Labute approximate surface area is 190 Å². The van der Waals surface area contributed by atoms with E-state index < -0.39 is 22.5 Å². The van der Waals surface area contributed by atoms with Crippen LogP contribution in [0.4, 0.5) is 5.69 Å². The average molecular weight is 465 g/mol. The zero-order valence-corrected chi connectivity index (χ0v) is 20.1. The van der Waals surface area contributed by atoms with Gasteiger partial charge in [-0.15, -0.1) is 0 Å². The molecule has 0 aromatic heterocycles. The van der Waals surface area contributed by atoms with Gasteiger partial charge in [-0.2, -0.15) is 0 Å². The molecule has 1 N–H and O–H groups in total. The molecule has 0 aliphatic carbocycles. The molecule has 0 fully saturated rings. The SMILES string of the molecule is COc1ccc(N(CC(=O)NCCCOC(C)C)S(=O)(=O)c2ccc(C)cc2)c(OC)c1. The van der Waals surface area contributed by atoms with Gasteiger partial charge in [-0.25, -0.2) is 8.42 Å². The van der Waals surface area contributed by atoms with Crippen molar-refractivity contribution in [3.63, 3.8) is 0 Å². The van der Waals surface area contributed by atoms with E-state index in [4.69, 9.17) is 14.2 Å². The van der Waals surface area contributed by atoms with Gasteiger partial charge in [0.2, 0.25) is 5.91 Å². The number of hydrogen-bond donors (Lipinski definition) is 1. The van der Waals surface area contributed by atoms with Crippen molar-refractivity contribution in [2.45, 2.75) is 38.2 Å². The van der Waals surface area contributed by atoms with Crippen LogP contribution in [0, 0.1) is 6.92 Å². The van der Waals surface area contributed by atoms with Gasteiger partial charge in [-0.05, 0) is 51.5 Å². The predicted molar refractivity (Wildman–Crippen MR) is 124 cm³/mol. The van der Waals surface area contributed by atoms with Crippen LogP contribution in [0.3, 0.4) is 0 Å². The number of ether oxygens (including phenoxy) is 3. The molecule has 2 rings (SSSR count). The quantitative estimate of drug-likeness (QED) is 0.485. The molecule has 0 atom stereocenters. The second-order valence-corrected chi connectivity index (χ2v) is 9.35. The monoisotopic (exact) mass is 464 g/mol. The van der Waals surface area contributed by atoms with Crippen molar-refractivity contribution in [3.05, 3.63) is 48.0 Å². The molecule has 8 nitrogen and oxygen atoms in total. The molecule has 2 aromatic carbocycles. The molecular weight excluding hydrogens is 432 g/mol. The highest BCUT2D eigenvalue weighted by Crippen LogP contribution is 2.35. The normalized spacial score (nSPS) is 11.3. The lowest BCUT2D eigenvalue weighted by atomic mass is 10.2. The van der Waals surface area contributed by atoms with Crippen LogP contribution in [0.2, 0.25) is 0 Å². The Morgan fingerprint density at radius 2 is 1.75 bits per heavy atom. The maximum atomic E-state index is 13.5. The van der Waals surface area contributed by atoms with E-state index in [2.05, 4.69) is 5.32 Å². The summed E-state index contributed by atoms with van der Waals surface area (Å²) in [5.41, 5.74) is 1.17. The molecular formula is C23H32N2O6S. The van der Waals surface area contributed by atoms with E-state index in [1.165, 1.54) is 26.4 Å². The van der Waals surface area contributed by atoms with Crippen LogP contribution in [0.5, 0.6) is 11.5 Å². The average Bonchev–Trinajstić information content (AvgIpc) is 2.76. The number of nitrogens with one attached hydrogen (secondary N) is 1. The number of benzene rings is 2. The van der Waals surface area contributed by atoms with E-state index in [0.717, 1.165) is 9.87 Å². The van der Waals surface area contributed by atoms with E-state index in [0.29, 0.717) is 25.3 Å². The summed E-state index contributed by atoms with van der Waals surface area (Å²) in [6.07, 6.45) is 0.740. The molecule has 0 spiro atoms. The van der Waals surface area contributed by atoms with Crippen LogP contribution in [-0.4, -0.2) is 54.3 Å². The van der Waals surface area contributed by atoms with Crippen molar-refractivity contribution in [1.29, 1.82) is 0 Å². The van der Waals surface area contributed by atoms with Crippen LogP contribution in [-0.2, 0) is 19.6 Å². The molecule has 0 saturated carbocycles. The molecule has 0 radical (unpaired) electrons. The first-order valence-corrected chi connectivity index (χ1v) is 11.8. The maximum absolute atomic E-state index is 13.5. The fourth-order valence-electron chi connectivity index (χ4n) is 2.93. The largest absolute Gasteiger partial charge is 0.497 e.